The number of rotatable bonds is 9. The van der Waals surface area contributed by atoms with Gasteiger partial charge in [0.15, 0.2) is 0 Å². The Bertz CT molecular complexity index is 139. The van der Waals surface area contributed by atoms with Gasteiger partial charge in [-0.2, -0.15) is 0 Å². The molecule has 1 radical (unpaired) electrons. The van der Waals surface area contributed by atoms with Crippen LogP contribution < -0.4 is 1.20 Å². The molecule has 0 saturated heterocycles. The van der Waals surface area contributed by atoms with Crippen LogP contribution in [0.25, 0.3) is 0 Å². The Kier molecular flexibility index (Phi) is 13.6. The van der Waals surface area contributed by atoms with Gasteiger partial charge in [0, 0.05) is 0 Å². The van der Waals surface area contributed by atoms with Crippen molar-refractivity contribution in [2.24, 2.45) is 0 Å². The second-order valence-corrected chi connectivity index (χ2v) is 38.5. The van der Waals surface area contributed by atoms with Crippen LogP contribution in [-0.4, -0.2) is 75.2 Å². The third kappa shape index (κ3) is 7.56. The number of hydrogen-bond acceptors (Lipinski definition) is 2. The first-order valence-corrected chi connectivity index (χ1v) is 22.4. The SMILES string of the molecule is CC[N]([Bi][NH][Bi]([CH2]C)[CH2]C)[Bi]([CH2]C)[CH2]C. The maximum absolute atomic E-state index is 4.08. The molecule has 1 N–H and O–H groups in total. The second kappa shape index (κ2) is 11.6. The van der Waals surface area contributed by atoms with Crippen LogP contribution in [0, 0.1) is 0 Å². The van der Waals surface area contributed by atoms with E-state index in [1.54, 1.807) is 0 Å². The van der Waals surface area contributed by atoms with Gasteiger partial charge in [0.2, 0.25) is 0 Å². The zero-order chi connectivity index (χ0) is 11.7. The van der Waals surface area contributed by atoms with Crippen LogP contribution in [0.2, 0.25) is 16.5 Å². The summed E-state index contributed by atoms with van der Waals surface area (Å²) in [5, 5.41) is 0. The molecular weight excluding hydrogens is 775 g/mol. The van der Waals surface area contributed by atoms with Crippen LogP contribution in [0.1, 0.15) is 34.6 Å². The second-order valence-electron chi connectivity index (χ2n) is 3.20. The monoisotopic (exact) mass is 801 g/mol. The third-order valence-corrected chi connectivity index (χ3v) is 45.5. The van der Waals surface area contributed by atoms with E-state index in [2.05, 4.69) is 36.6 Å². The Balaban J connectivity index is 3.97. The zero-order valence-corrected chi connectivity index (χ0v) is 21.3. The predicted octanol–water partition coefficient (Wildman–Crippen LogP) is 2.49. The molecule has 0 unspecified atom stereocenters. The molecule has 0 atom stereocenters. The van der Waals surface area contributed by atoms with Crippen LogP contribution in [0.4, 0.5) is 0 Å². The molecule has 0 rings (SSSR count). The van der Waals surface area contributed by atoms with E-state index < -0.39 is 67.9 Å². The van der Waals surface area contributed by atoms with Gasteiger partial charge in [-0.3, -0.25) is 0 Å². The standard InChI is InChI=1S/C2H5N.4C2H5.3Bi.HN/c1-2-3;4*1-2;;;;/h2H2,1H3;4*1H2,2H3;;;;1H. The predicted molar refractivity (Wildman–Crippen MR) is 74.7 cm³/mol. The van der Waals surface area contributed by atoms with Gasteiger partial charge in [0.05, 0.1) is 0 Å². The summed E-state index contributed by atoms with van der Waals surface area (Å²) in [5.74, 6) is 0. The Morgan fingerprint density at radius 3 is 1.80 bits per heavy atom. The molecule has 0 saturated carbocycles. The summed E-state index contributed by atoms with van der Waals surface area (Å²) >= 11 is -2.69. The molecule has 0 aliphatic carbocycles. The molecule has 0 aromatic carbocycles. The van der Waals surface area contributed by atoms with E-state index in [1.165, 1.54) is 23.1 Å². The molecule has 0 heterocycles. The maximum atomic E-state index is 4.08. The molecule has 0 aromatic rings. The van der Waals surface area contributed by atoms with Gasteiger partial charge >= 0.3 is 128 Å². The molecule has 0 amide bonds. The van der Waals surface area contributed by atoms with Crippen LogP contribution in [0.5, 0.6) is 0 Å². The van der Waals surface area contributed by atoms with Gasteiger partial charge in [0.1, 0.15) is 0 Å². The molecular formula is C10H26Bi3N2. The van der Waals surface area contributed by atoms with E-state index >= 15 is 0 Å². The molecule has 0 fully saturated rings. The van der Waals surface area contributed by atoms with E-state index in [1.807, 2.05) is 0 Å². The van der Waals surface area contributed by atoms with Gasteiger partial charge in [-0.1, -0.05) is 0 Å². The van der Waals surface area contributed by atoms with Crippen molar-refractivity contribution in [3.8, 4) is 0 Å². The summed E-state index contributed by atoms with van der Waals surface area (Å²) in [6, 6.07) is 0. The average molecular weight is 801 g/mol. The first-order chi connectivity index (χ1) is 7.23. The van der Waals surface area contributed by atoms with Crippen molar-refractivity contribution in [1.29, 1.82) is 0 Å². The molecule has 91 valence electrons. The first-order valence-electron chi connectivity index (χ1n) is 5.96. The summed E-state index contributed by atoms with van der Waals surface area (Å²) in [4.78, 5) is 0. The zero-order valence-electron chi connectivity index (χ0n) is 10.8. The van der Waals surface area contributed by atoms with E-state index in [0.717, 1.165) is 0 Å². The summed E-state index contributed by atoms with van der Waals surface area (Å²) in [6.07, 6.45) is 0. The van der Waals surface area contributed by atoms with Crippen LogP contribution >= 0.6 is 0 Å². The Morgan fingerprint density at radius 2 is 1.47 bits per heavy atom. The average Bonchev–Trinajstić information content (AvgIpc) is 2.29. The van der Waals surface area contributed by atoms with E-state index in [9.17, 15) is 0 Å². The summed E-state index contributed by atoms with van der Waals surface area (Å²) in [7, 11) is 0. The van der Waals surface area contributed by atoms with Gasteiger partial charge in [0.25, 0.3) is 0 Å². The van der Waals surface area contributed by atoms with Crippen molar-refractivity contribution in [3.05, 3.63) is 0 Å². The van der Waals surface area contributed by atoms with Gasteiger partial charge < -0.3 is 0 Å². The number of nitrogens with zero attached hydrogens (tertiary/aromatic N) is 1. The fourth-order valence-corrected chi connectivity index (χ4v) is 54.4. The number of hydrogen-bond donors (Lipinski definition) is 1. The fraction of sp³-hybridized carbons (Fsp3) is 1.00. The van der Waals surface area contributed by atoms with E-state index in [-0.39, 0.29) is 0 Å². The van der Waals surface area contributed by atoms with Crippen LogP contribution in [0.3, 0.4) is 0 Å². The molecule has 0 aromatic heterocycles. The van der Waals surface area contributed by atoms with Crippen molar-refractivity contribution < 1.29 is 0 Å². The quantitative estimate of drug-likeness (QED) is 0.362. The third-order valence-electron chi connectivity index (χ3n) is 2.40. The van der Waals surface area contributed by atoms with Crippen molar-refractivity contribution in [1.82, 2.24) is 1.99 Å². The van der Waals surface area contributed by atoms with Crippen molar-refractivity contribution in [2.45, 2.75) is 51.1 Å². The Hall–Kier alpha value is 2.57. The van der Waals surface area contributed by atoms with Gasteiger partial charge in [-0.25, -0.2) is 0 Å². The van der Waals surface area contributed by atoms with Crippen LogP contribution in [0.15, 0.2) is 0 Å². The molecule has 15 heavy (non-hydrogen) atoms. The van der Waals surface area contributed by atoms with Gasteiger partial charge in [-0.15, -0.1) is 0 Å². The minimum absolute atomic E-state index is 0.433. The molecule has 0 aliphatic rings. The van der Waals surface area contributed by atoms with Crippen molar-refractivity contribution >= 4 is 67.9 Å². The van der Waals surface area contributed by atoms with Crippen molar-refractivity contribution in [3.63, 3.8) is 0 Å². The van der Waals surface area contributed by atoms with E-state index in [4.69, 9.17) is 0 Å². The molecule has 0 aliphatic heterocycles. The topological polar surface area (TPSA) is 15.3 Å². The molecule has 5 heteroatoms. The van der Waals surface area contributed by atoms with Crippen LogP contribution in [-0.2, 0) is 0 Å². The molecule has 0 spiro atoms. The first kappa shape index (κ1) is 17.6. The fourth-order valence-electron chi connectivity index (χ4n) is 1.36. The van der Waals surface area contributed by atoms with Crippen molar-refractivity contribution in [2.75, 3.05) is 6.54 Å². The molecule has 2 nitrogen and oxygen atoms in total. The minimum atomic E-state index is -1.14. The van der Waals surface area contributed by atoms with E-state index in [0.29, 0.717) is 0 Å². The molecule has 0 bridgehead atoms. The summed E-state index contributed by atoms with van der Waals surface area (Å²) in [6.45, 7) is 13.4. The number of nitrogens with one attached hydrogen (secondary N) is 1. The normalized spacial score (nSPS) is 12.0. The Morgan fingerprint density at radius 1 is 0.933 bits per heavy atom. The Labute approximate surface area is 125 Å². The summed E-state index contributed by atoms with van der Waals surface area (Å²) in [5.41, 5.74) is 0. The summed E-state index contributed by atoms with van der Waals surface area (Å²) < 4.78 is 13.1. The van der Waals surface area contributed by atoms with Gasteiger partial charge in [-0.05, 0) is 0 Å².